The van der Waals surface area contributed by atoms with Gasteiger partial charge in [0.05, 0.1) is 12.5 Å². The average molecular weight is 279 g/mol. The first-order valence-corrected chi connectivity index (χ1v) is 7.04. The van der Waals surface area contributed by atoms with Gasteiger partial charge in [-0.15, -0.1) is 0 Å². The molecular formula is C16H25NO3. The molecule has 0 saturated carbocycles. The zero-order valence-electron chi connectivity index (χ0n) is 12.8. The lowest BCUT2D eigenvalue weighted by atomic mass is 9.96. The molecule has 0 aromatic heterocycles. The Morgan fingerprint density at radius 1 is 1.30 bits per heavy atom. The second-order valence-corrected chi connectivity index (χ2v) is 5.39. The number of likely N-dealkylation sites (N-methyl/N-ethyl adjacent to an activating group) is 1. The van der Waals surface area contributed by atoms with Crippen LogP contribution in [0, 0.1) is 13.8 Å². The summed E-state index contributed by atoms with van der Waals surface area (Å²) in [7, 11) is 1.86. The van der Waals surface area contributed by atoms with Crippen LogP contribution in [-0.2, 0) is 4.79 Å². The fourth-order valence-corrected chi connectivity index (χ4v) is 2.38. The van der Waals surface area contributed by atoms with Crippen LogP contribution in [0.5, 0.6) is 0 Å². The van der Waals surface area contributed by atoms with E-state index in [0.29, 0.717) is 6.54 Å². The van der Waals surface area contributed by atoms with Crippen molar-refractivity contribution in [2.24, 2.45) is 0 Å². The number of nitrogens with zero attached hydrogens (tertiary/aromatic N) is 1. The number of aliphatic hydroxyl groups is 1. The molecule has 2 unspecified atom stereocenters. The molecule has 2 N–H and O–H groups in total. The lowest BCUT2D eigenvalue weighted by Crippen LogP contribution is -2.37. The van der Waals surface area contributed by atoms with E-state index < -0.39 is 12.1 Å². The van der Waals surface area contributed by atoms with Crippen LogP contribution in [0.3, 0.4) is 0 Å². The number of aryl methyl sites for hydroxylation is 2. The quantitative estimate of drug-likeness (QED) is 0.805. The molecular weight excluding hydrogens is 254 g/mol. The van der Waals surface area contributed by atoms with Crippen molar-refractivity contribution in [1.29, 1.82) is 0 Å². The minimum atomic E-state index is -0.813. The third-order valence-electron chi connectivity index (χ3n) is 3.90. The van der Waals surface area contributed by atoms with Gasteiger partial charge in [-0.2, -0.15) is 0 Å². The summed E-state index contributed by atoms with van der Waals surface area (Å²) in [5.74, 6) is -0.813. The molecule has 20 heavy (non-hydrogen) atoms. The van der Waals surface area contributed by atoms with E-state index in [9.17, 15) is 9.90 Å². The van der Waals surface area contributed by atoms with Gasteiger partial charge in [-0.05, 0) is 44.0 Å². The molecule has 0 bridgehead atoms. The summed E-state index contributed by atoms with van der Waals surface area (Å²) < 4.78 is 0. The van der Waals surface area contributed by atoms with Crippen LogP contribution < -0.4 is 0 Å². The van der Waals surface area contributed by atoms with E-state index in [2.05, 4.69) is 0 Å². The van der Waals surface area contributed by atoms with Crippen molar-refractivity contribution in [3.8, 4) is 0 Å². The van der Waals surface area contributed by atoms with Gasteiger partial charge >= 0.3 is 5.97 Å². The predicted molar refractivity (Wildman–Crippen MR) is 79.8 cm³/mol. The molecule has 2 atom stereocenters. The summed E-state index contributed by atoms with van der Waals surface area (Å²) >= 11 is 0. The number of carboxylic acids is 1. The fourth-order valence-electron chi connectivity index (χ4n) is 2.38. The molecule has 1 aromatic rings. The number of benzene rings is 1. The Morgan fingerprint density at radius 3 is 2.45 bits per heavy atom. The van der Waals surface area contributed by atoms with Crippen molar-refractivity contribution < 1.29 is 15.0 Å². The summed E-state index contributed by atoms with van der Waals surface area (Å²) in [5, 5.41) is 19.3. The molecule has 0 aliphatic rings. The standard InChI is InChI=1S/C16H25NO3/c1-5-14(17(4)9-8-15(18)19)16(20)13-7-6-11(2)12(3)10-13/h6-7,10,14,16,20H,5,8-9H2,1-4H3,(H,18,19). The highest BCUT2D eigenvalue weighted by Crippen LogP contribution is 2.24. The monoisotopic (exact) mass is 279 g/mol. The third kappa shape index (κ3) is 4.32. The number of hydrogen-bond donors (Lipinski definition) is 2. The van der Waals surface area contributed by atoms with Gasteiger partial charge in [0.25, 0.3) is 0 Å². The van der Waals surface area contributed by atoms with Gasteiger partial charge in [0.2, 0.25) is 0 Å². The first-order chi connectivity index (χ1) is 9.36. The maximum absolute atomic E-state index is 10.6. The molecule has 0 heterocycles. The van der Waals surface area contributed by atoms with Gasteiger partial charge in [0.15, 0.2) is 0 Å². The van der Waals surface area contributed by atoms with Gasteiger partial charge in [0, 0.05) is 12.6 Å². The predicted octanol–water partition coefficient (Wildman–Crippen LogP) is 2.52. The number of rotatable bonds is 7. The molecule has 0 aliphatic heterocycles. The van der Waals surface area contributed by atoms with Crippen molar-refractivity contribution in [2.75, 3.05) is 13.6 Å². The molecule has 0 aliphatic carbocycles. The zero-order chi connectivity index (χ0) is 15.3. The van der Waals surface area contributed by atoms with E-state index in [1.165, 1.54) is 5.56 Å². The van der Waals surface area contributed by atoms with Crippen LogP contribution in [0.25, 0.3) is 0 Å². The van der Waals surface area contributed by atoms with Crippen molar-refractivity contribution in [3.63, 3.8) is 0 Å². The number of aliphatic hydroxyl groups excluding tert-OH is 1. The Hall–Kier alpha value is -1.39. The molecule has 112 valence electrons. The Morgan fingerprint density at radius 2 is 1.95 bits per heavy atom. The van der Waals surface area contributed by atoms with Crippen LogP contribution in [0.1, 0.15) is 42.6 Å². The van der Waals surface area contributed by atoms with Crippen LogP contribution in [-0.4, -0.2) is 40.7 Å². The first kappa shape index (κ1) is 16.7. The number of carboxylic acid groups (broad SMARTS) is 1. The minimum Gasteiger partial charge on any atom is -0.481 e. The van der Waals surface area contributed by atoms with Gasteiger partial charge in [0.1, 0.15) is 0 Å². The molecule has 0 saturated heterocycles. The molecule has 4 heteroatoms. The smallest absolute Gasteiger partial charge is 0.304 e. The van der Waals surface area contributed by atoms with Crippen molar-refractivity contribution in [3.05, 3.63) is 34.9 Å². The Kier molecular flexibility index (Phi) is 6.17. The van der Waals surface area contributed by atoms with E-state index in [0.717, 1.165) is 17.5 Å². The van der Waals surface area contributed by atoms with E-state index in [1.807, 2.05) is 50.9 Å². The van der Waals surface area contributed by atoms with E-state index in [1.54, 1.807) is 0 Å². The Bertz CT molecular complexity index is 459. The average Bonchev–Trinajstić information content (AvgIpc) is 2.40. The molecule has 0 amide bonds. The summed E-state index contributed by atoms with van der Waals surface area (Å²) in [4.78, 5) is 12.6. The zero-order valence-corrected chi connectivity index (χ0v) is 12.8. The van der Waals surface area contributed by atoms with Gasteiger partial charge in [-0.25, -0.2) is 0 Å². The minimum absolute atomic E-state index is 0.0727. The molecule has 1 rings (SSSR count). The maximum atomic E-state index is 10.6. The number of hydrogen-bond acceptors (Lipinski definition) is 3. The molecule has 4 nitrogen and oxygen atoms in total. The lowest BCUT2D eigenvalue weighted by Gasteiger charge is -2.31. The SMILES string of the molecule is CCC(C(O)c1ccc(C)c(C)c1)N(C)CCC(=O)O. The van der Waals surface area contributed by atoms with Gasteiger partial charge in [-0.1, -0.05) is 25.1 Å². The fraction of sp³-hybridized carbons (Fsp3) is 0.562. The van der Waals surface area contributed by atoms with Crippen LogP contribution >= 0.6 is 0 Å². The lowest BCUT2D eigenvalue weighted by molar-refractivity contribution is -0.137. The molecule has 0 fully saturated rings. The second-order valence-electron chi connectivity index (χ2n) is 5.39. The summed E-state index contributed by atoms with van der Waals surface area (Å²) in [5.41, 5.74) is 3.25. The van der Waals surface area contributed by atoms with Crippen LogP contribution in [0.2, 0.25) is 0 Å². The van der Waals surface area contributed by atoms with Gasteiger partial charge in [-0.3, -0.25) is 9.69 Å². The molecule has 1 aromatic carbocycles. The number of carbonyl (C=O) groups is 1. The van der Waals surface area contributed by atoms with E-state index in [4.69, 9.17) is 5.11 Å². The van der Waals surface area contributed by atoms with E-state index in [-0.39, 0.29) is 12.5 Å². The van der Waals surface area contributed by atoms with Crippen LogP contribution in [0.15, 0.2) is 18.2 Å². The summed E-state index contributed by atoms with van der Waals surface area (Å²) in [6.45, 7) is 6.52. The van der Waals surface area contributed by atoms with Gasteiger partial charge < -0.3 is 10.2 Å². The van der Waals surface area contributed by atoms with Crippen molar-refractivity contribution >= 4 is 5.97 Å². The van der Waals surface area contributed by atoms with Crippen molar-refractivity contribution in [1.82, 2.24) is 4.90 Å². The van der Waals surface area contributed by atoms with Crippen LogP contribution in [0.4, 0.5) is 0 Å². The summed E-state index contributed by atoms with van der Waals surface area (Å²) in [6, 6.07) is 5.89. The highest BCUT2D eigenvalue weighted by molar-refractivity contribution is 5.66. The highest BCUT2D eigenvalue weighted by atomic mass is 16.4. The number of aliphatic carboxylic acids is 1. The second kappa shape index (κ2) is 7.41. The normalized spacial score (nSPS) is 14.3. The maximum Gasteiger partial charge on any atom is 0.304 e. The highest BCUT2D eigenvalue weighted by Gasteiger charge is 2.23. The third-order valence-corrected chi connectivity index (χ3v) is 3.90. The molecule has 0 spiro atoms. The van der Waals surface area contributed by atoms with Crippen molar-refractivity contribution in [2.45, 2.75) is 45.8 Å². The Balaban J connectivity index is 2.82. The first-order valence-electron chi connectivity index (χ1n) is 7.04. The molecule has 0 radical (unpaired) electrons. The topological polar surface area (TPSA) is 60.8 Å². The largest absolute Gasteiger partial charge is 0.481 e. The summed E-state index contributed by atoms with van der Waals surface area (Å²) in [6.07, 6.45) is 0.259. The Labute approximate surface area is 121 Å². The van der Waals surface area contributed by atoms with E-state index >= 15 is 0 Å².